The summed E-state index contributed by atoms with van der Waals surface area (Å²) in [5.74, 6) is -0.798. The molecule has 0 bridgehead atoms. The molecule has 208 valence electrons. The number of carbonyl (C=O) groups is 3. The Kier molecular flexibility index (Phi) is 8.09. The molecule has 0 atom stereocenters. The summed E-state index contributed by atoms with van der Waals surface area (Å²) in [6, 6.07) is 19.2. The molecule has 0 unspecified atom stereocenters. The van der Waals surface area contributed by atoms with E-state index < -0.39 is 23.5 Å². The van der Waals surface area contributed by atoms with Gasteiger partial charge in [0.25, 0.3) is 5.91 Å². The van der Waals surface area contributed by atoms with Crippen molar-refractivity contribution in [2.75, 3.05) is 19.7 Å². The second-order valence-electron chi connectivity index (χ2n) is 10.4. The number of amides is 2. The van der Waals surface area contributed by atoms with Gasteiger partial charge in [-0.25, -0.2) is 14.2 Å². The van der Waals surface area contributed by atoms with Gasteiger partial charge in [0.05, 0.1) is 18.6 Å². The number of carbonyl (C=O) groups excluding carboxylic acids is 3. The Balaban J connectivity index is 1.29. The number of likely N-dealkylation sites (tertiary alicyclic amines) is 1. The quantitative estimate of drug-likeness (QED) is 0.369. The van der Waals surface area contributed by atoms with Crippen molar-refractivity contribution in [2.24, 2.45) is 0 Å². The van der Waals surface area contributed by atoms with Crippen molar-refractivity contribution in [1.82, 2.24) is 15.2 Å². The first kappa shape index (κ1) is 27.3. The van der Waals surface area contributed by atoms with E-state index in [2.05, 4.69) is 5.32 Å². The first-order valence-electron chi connectivity index (χ1n) is 13.5. The summed E-state index contributed by atoms with van der Waals surface area (Å²) >= 11 is 0. The number of esters is 1. The minimum atomic E-state index is -0.997. The van der Waals surface area contributed by atoms with Crippen LogP contribution < -0.4 is 5.32 Å². The third kappa shape index (κ3) is 6.65. The van der Waals surface area contributed by atoms with E-state index in [0.29, 0.717) is 12.3 Å². The van der Waals surface area contributed by atoms with Crippen molar-refractivity contribution in [1.29, 1.82) is 0 Å². The van der Waals surface area contributed by atoms with Gasteiger partial charge in [0.15, 0.2) is 0 Å². The summed E-state index contributed by atoms with van der Waals surface area (Å²) in [5, 5.41) is 2.96. The summed E-state index contributed by atoms with van der Waals surface area (Å²) in [6.07, 6.45) is 2.01. The van der Waals surface area contributed by atoms with E-state index in [9.17, 15) is 18.8 Å². The van der Waals surface area contributed by atoms with Gasteiger partial charge in [-0.2, -0.15) is 0 Å². The monoisotopic (exact) mass is 545 g/mol. The van der Waals surface area contributed by atoms with E-state index in [-0.39, 0.29) is 44.2 Å². The molecule has 2 heterocycles. The van der Waals surface area contributed by atoms with Crippen molar-refractivity contribution in [3.8, 4) is 0 Å². The maximum atomic E-state index is 13.4. The van der Waals surface area contributed by atoms with Gasteiger partial charge in [0.2, 0.25) is 0 Å². The van der Waals surface area contributed by atoms with Crippen LogP contribution in [-0.2, 0) is 27.3 Å². The molecule has 1 aromatic heterocycles. The van der Waals surface area contributed by atoms with Crippen LogP contribution in [0.15, 0.2) is 66.7 Å². The predicted molar refractivity (Wildman–Crippen MR) is 145 cm³/mol. The molecule has 0 spiro atoms. The Bertz CT molecular complexity index is 1370. The van der Waals surface area contributed by atoms with Gasteiger partial charge in [-0.1, -0.05) is 48.5 Å². The summed E-state index contributed by atoms with van der Waals surface area (Å²) < 4.78 is 24.0. The fourth-order valence-corrected chi connectivity index (χ4v) is 4.99. The number of benzene rings is 2. The van der Waals surface area contributed by atoms with Crippen LogP contribution in [0.3, 0.4) is 0 Å². The highest BCUT2D eigenvalue weighted by Crippen LogP contribution is 2.41. The molecule has 2 aromatic carbocycles. The average Bonchev–Trinajstić information content (AvgIpc) is 3.77. The maximum Gasteiger partial charge on any atom is 0.410 e. The second kappa shape index (κ2) is 11.9. The molecule has 2 fully saturated rings. The summed E-state index contributed by atoms with van der Waals surface area (Å²) in [5.41, 5.74) is 2.85. The normalized spacial score (nSPS) is 15.6. The molecule has 2 amide bonds. The Morgan fingerprint density at radius 2 is 1.70 bits per heavy atom. The Morgan fingerprint density at radius 1 is 0.975 bits per heavy atom. The number of ether oxygens (including phenoxy) is 2. The molecule has 2 aliphatic rings. The fourth-order valence-electron chi connectivity index (χ4n) is 4.99. The van der Waals surface area contributed by atoms with E-state index in [1.54, 1.807) is 25.1 Å². The average molecular weight is 546 g/mol. The summed E-state index contributed by atoms with van der Waals surface area (Å²) in [7, 11) is 0. The minimum absolute atomic E-state index is 0.0857. The number of aromatic nitrogens is 1. The molecule has 5 rings (SSSR count). The fraction of sp³-hybridized carbons (Fsp3) is 0.355. The van der Waals surface area contributed by atoms with Gasteiger partial charge in [0.1, 0.15) is 18.1 Å². The third-order valence-corrected chi connectivity index (χ3v) is 7.16. The highest BCUT2D eigenvalue weighted by molar-refractivity contribution is 5.93. The van der Waals surface area contributed by atoms with E-state index in [0.717, 1.165) is 35.2 Å². The van der Waals surface area contributed by atoms with Gasteiger partial charge in [-0.15, -0.1) is 0 Å². The predicted octanol–water partition coefficient (Wildman–Crippen LogP) is 4.76. The van der Waals surface area contributed by atoms with Gasteiger partial charge >= 0.3 is 12.1 Å². The molecular formula is C31H32FN3O5. The first-order valence-corrected chi connectivity index (χ1v) is 13.5. The van der Waals surface area contributed by atoms with Gasteiger partial charge in [-0.05, 0) is 60.6 Å². The SMILES string of the molecule is CCOC(=O)CC1(NC(=O)c2ccc(C3CC3)c(Cc3ccc(F)cc3)n2)CN(C(=O)OCc2ccccc2)C1. The number of nitrogens with zero attached hydrogens (tertiary/aromatic N) is 2. The van der Waals surface area contributed by atoms with E-state index in [4.69, 9.17) is 14.5 Å². The molecule has 1 saturated heterocycles. The standard InChI is InChI=1S/C31H32FN3O5/c1-2-39-28(36)17-31(19-35(20-31)30(38)40-18-22-6-4-3-5-7-22)34-29(37)26-15-14-25(23-10-11-23)27(33-26)16-21-8-12-24(32)13-9-21/h3-9,12-15,23H,2,10-11,16-20H2,1H3,(H,34,37). The lowest BCUT2D eigenvalue weighted by Gasteiger charge is -2.49. The van der Waals surface area contributed by atoms with Crippen LogP contribution >= 0.6 is 0 Å². The lowest BCUT2D eigenvalue weighted by Crippen LogP contribution is -2.72. The molecule has 0 radical (unpaired) electrons. The zero-order valence-electron chi connectivity index (χ0n) is 22.4. The van der Waals surface area contributed by atoms with Crippen molar-refractivity contribution >= 4 is 18.0 Å². The maximum absolute atomic E-state index is 13.4. The smallest absolute Gasteiger partial charge is 0.410 e. The Morgan fingerprint density at radius 3 is 2.38 bits per heavy atom. The number of pyridine rings is 1. The zero-order valence-corrected chi connectivity index (χ0v) is 22.4. The molecule has 3 aromatic rings. The number of halogens is 1. The minimum Gasteiger partial charge on any atom is -0.466 e. The molecule has 1 saturated carbocycles. The van der Waals surface area contributed by atoms with Crippen LogP contribution in [0.2, 0.25) is 0 Å². The number of rotatable bonds is 10. The molecular weight excluding hydrogens is 513 g/mol. The molecule has 1 aliphatic carbocycles. The van der Waals surface area contributed by atoms with Crippen LogP contribution in [-0.4, -0.2) is 53.1 Å². The summed E-state index contributed by atoms with van der Waals surface area (Å²) in [6.45, 7) is 2.26. The second-order valence-corrected chi connectivity index (χ2v) is 10.4. The number of hydrogen-bond acceptors (Lipinski definition) is 6. The lowest BCUT2D eigenvalue weighted by atomic mass is 9.86. The lowest BCUT2D eigenvalue weighted by molar-refractivity contribution is -0.146. The van der Waals surface area contributed by atoms with Crippen LogP contribution in [0.5, 0.6) is 0 Å². The van der Waals surface area contributed by atoms with Gasteiger partial charge < -0.3 is 19.7 Å². The Labute approximate surface area is 232 Å². The molecule has 9 heteroatoms. The molecule has 8 nitrogen and oxygen atoms in total. The Hall–Kier alpha value is -4.27. The highest BCUT2D eigenvalue weighted by atomic mass is 19.1. The van der Waals surface area contributed by atoms with Gasteiger partial charge in [0, 0.05) is 25.2 Å². The van der Waals surface area contributed by atoms with Crippen LogP contribution in [0, 0.1) is 5.82 Å². The first-order chi connectivity index (χ1) is 19.3. The molecule has 1 aliphatic heterocycles. The van der Waals surface area contributed by atoms with Gasteiger partial charge in [-0.3, -0.25) is 9.59 Å². The van der Waals surface area contributed by atoms with Crippen molar-refractivity contribution in [2.45, 2.75) is 50.7 Å². The molecule has 40 heavy (non-hydrogen) atoms. The molecule has 1 N–H and O–H groups in total. The van der Waals surface area contributed by atoms with E-state index >= 15 is 0 Å². The van der Waals surface area contributed by atoms with Crippen LogP contribution in [0.4, 0.5) is 9.18 Å². The van der Waals surface area contributed by atoms with Crippen molar-refractivity contribution in [3.63, 3.8) is 0 Å². The third-order valence-electron chi connectivity index (χ3n) is 7.16. The zero-order chi connectivity index (χ0) is 28.1. The van der Waals surface area contributed by atoms with Crippen molar-refractivity contribution < 1.29 is 28.2 Å². The number of nitrogens with one attached hydrogen (secondary N) is 1. The number of hydrogen-bond donors (Lipinski definition) is 1. The topological polar surface area (TPSA) is 97.8 Å². The van der Waals surface area contributed by atoms with Crippen LogP contribution in [0.1, 0.15) is 65.0 Å². The highest BCUT2D eigenvalue weighted by Gasteiger charge is 2.49. The van der Waals surface area contributed by atoms with Crippen molar-refractivity contribution in [3.05, 3.63) is 101 Å². The van der Waals surface area contributed by atoms with Crippen LogP contribution in [0.25, 0.3) is 0 Å². The van der Waals surface area contributed by atoms with E-state index in [1.165, 1.54) is 17.0 Å². The largest absolute Gasteiger partial charge is 0.466 e. The van der Waals surface area contributed by atoms with E-state index in [1.807, 2.05) is 36.4 Å². The summed E-state index contributed by atoms with van der Waals surface area (Å²) in [4.78, 5) is 44.6.